The molecule has 33 heavy (non-hydrogen) atoms. The van der Waals surface area contributed by atoms with Crippen LogP contribution in [-0.4, -0.2) is 37.4 Å². The molecule has 0 spiro atoms. The van der Waals surface area contributed by atoms with Gasteiger partial charge in [0.2, 0.25) is 11.6 Å². The van der Waals surface area contributed by atoms with Crippen LogP contribution in [-0.2, 0) is 6.18 Å². The van der Waals surface area contributed by atoms with E-state index in [0.29, 0.717) is 5.56 Å². The fraction of sp³-hybridized carbons (Fsp3) is 0.100. The van der Waals surface area contributed by atoms with Gasteiger partial charge in [-0.2, -0.15) is 23.0 Å². The molecule has 2 aromatic carbocycles. The second-order valence-electron chi connectivity index (χ2n) is 6.82. The summed E-state index contributed by atoms with van der Waals surface area (Å²) in [6.45, 7) is 1.89. The molecule has 4 aromatic rings. The average molecular weight is 456 g/mol. The molecule has 0 radical (unpaired) electrons. The van der Waals surface area contributed by atoms with Crippen LogP contribution in [0.15, 0.2) is 58.3 Å². The van der Waals surface area contributed by atoms with Crippen LogP contribution in [0.3, 0.4) is 0 Å². The van der Waals surface area contributed by atoms with Gasteiger partial charge in [0.1, 0.15) is 5.69 Å². The Hall–Kier alpha value is -4.55. The minimum absolute atomic E-state index is 0.0136. The van der Waals surface area contributed by atoms with Gasteiger partial charge in [-0.15, -0.1) is 5.10 Å². The number of hydrogen-bond acceptors (Lipinski definition) is 8. The molecule has 2 heterocycles. The highest BCUT2D eigenvalue weighted by atomic mass is 19.4. The molecule has 2 aromatic heterocycles. The summed E-state index contributed by atoms with van der Waals surface area (Å²) in [5.74, 6) is -0.880. The number of nitrogens with zero attached hydrogens (tertiary/aromatic N) is 6. The number of rotatable bonds is 5. The second-order valence-corrected chi connectivity index (χ2v) is 6.82. The molecule has 0 bridgehead atoms. The molecule has 0 unspecified atom stereocenters. The summed E-state index contributed by atoms with van der Waals surface area (Å²) in [4.78, 5) is 12.8. The van der Waals surface area contributed by atoms with Gasteiger partial charge in [0.25, 0.3) is 5.91 Å². The van der Waals surface area contributed by atoms with Crippen LogP contribution < -0.4 is 11.2 Å². The monoisotopic (exact) mass is 456 g/mol. The van der Waals surface area contributed by atoms with E-state index in [2.05, 4.69) is 35.8 Å². The van der Waals surface area contributed by atoms with Crippen LogP contribution in [0.2, 0.25) is 0 Å². The molecule has 4 rings (SSSR count). The molecule has 0 fully saturated rings. The first-order valence-electron chi connectivity index (χ1n) is 9.36. The Bertz CT molecular complexity index is 1330. The Morgan fingerprint density at radius 1 is 1.15 bits per heavy atom. The number of hydrogen-bond donors (Lipinski definition) is 2. The summed E-state index contributed by atoms with van der Waals surface area (Å²) >= 11 is 0. The van der Waals surface area contributed by atoms with E-state index in [1.54, 1.807) is 12.1 Å². The van der Waals surface area contributed by atoms with Gasteiger partial charge in [-0.05, 0) is 23.3 Å². The van der Waals surface area contributed by atoms with Crippen LogP contribution in [0, 0.1) is 6.92 Å². The lowest BCUT2D eigenvalue weighted by Crippen LogP contribution is -2.20. The van der Waals surface area contributed by atoms with Crippen molar-refractivity contribution in [1.82, 2.24) is 30.7 Å². The summed E-state index contributed by atoms with van der Waals surface area (Å²) in [7, 11) is 0. The fourth-order valence-electron chi connectivity index (χ4n) is 2.97. The largest absolute Gasteiger partial charge is 0.417 e. The predicted molar refractivity (Wildman–Crippen MR) is 110 cm³/mol. The summed E-state index contributed by atoms with van der Waals surface area (Å²) in [6, 6.07) is 11.9. The van der Waals surface area contributed by atoms with Gasteiger partial charge in [-0.1, -0.05) is 53.2 Å². The normalized spacial score (nSPS) is 11.8. The zero-order valence-electron chi connectivity index (χ0n) is 16.9. The molecule has 0 saturated carbocycles. The first-order valence-corrected chi connectivity index (χ1v) is 9.36. The number of nitrogens with two attached hydrogens (primary N) is 1. The number of nitrogen functional groups attached to an aromatic ring is 1. The third-order valence-corrected chi connectivity index (χ3v) is 4.54. The zero-order valence-corrected chi connectivity index (χ0v) is 16.9. The molecule has 168 valence electrons. The predicted octanol–water partition coefficient (Wildman–Crippen LogP) is 2.99. The minimum Gasteiger partial charge on any atom is -0.378 e. The number of carbonyl (C=O) groups is 1. The van der Waals surface area contributed by atoms with Gasteiger partial charge in [-0.25, -0.2) is 10.1 Å². The first-order chi connectivity index (χ1) is 15.8. The van der Waals surface area contributed by atoms with Crippen molar-refractivity contribution in [1.29, 1.82) is 0 Å². The Morgan fingerprint density at radius 2 is 1.88 bits per heavy atom. The van der Waals surface area contributed by atoms with Crippen molar-refractivity contribution in [3.63, 3.8) is 0 Å². The van der Waals surface area contributed by atoms with Gasteiger partial charge in [-0.3, -0.25) is 4.79 Å². The molecule has 0 aliphatic carbocycles. The molecule has 0 aliphatic heterocycles. The second kappa shape index (κ2) is 8.53. The Labute approximate surface area is 183 Å². The highest BCUT2D eigenvalue weighted by molar-refractivity contribution is 5.98. The Morgan fingerprint density at radius 3 is 2.55 bits per heavy atom. The van der Waals surface area contributed by atoms with Gasteiger partial charge in [0, 0.05) is 11.1 Å². The van der Waals surface area contributed by atoms with E-state index in [4.69, 9.17) is 5.73 Å². The third-order valence-electron chi connectivity index (χ3n) is 4.54. The zero-order chi connectivity index (χ0) is 23.6. The Balaban J connectivity index is 1.68. The van der Waals surface area contributed by atoms with Crippen LogP contribution >= 0.6 is 0 Å². The number of aromatic nitrogens is 5. The SMILES string of the molecule is Cc1ccc(-c2c(C(=O)NN=Cc3ccccc3C(F)(F)F)nnn2-c2nonc2N)cc1. The number of benzene rings is 2. The van der Waals surface area contributed by atoms with E-state index in [1.807, 2.05) is 19.1 Å². The number of anilines is 1. The number of alkyl halides is 3. The first kappa shape index (κ1) is 21.7. The number of halogens is 3. The van der Waals surface area contributed by atoms with Crippen LogP contribution in [0.5, 0.6) is 0 Å². The van der Waals surface area contributed by atoms with Crippen molar-refractivity contribution < 1.29 is 22.6 Å². The highest BCUT2D eigenvalue weighted by Crippen LogP contribution is 2.31. The molecule has 3 N–H and O–H groups in total. The smallest absolute Gasteiger partial charge is 0.378 e. The van der Waals surface area contributed by atoms with E-state index in [0.717, 1.165) is 17.8 Å². The van der Waals surface area contributed by atoms with Crippen molar-refractivity contribution in [3.8, 4) is 17.1 Å². The van der Waals surface area contributed by atoms with Crippen molar-refractivity contribution in [2.45, 2.75) is 13.1 Å². The lowest BCUT2D eigenvalue weighted by molar-refractivity contribution is -0.137. The van der Waals surface area contributed by atoms with E-state index in [9.17, 15) is 18.0 Å². The third kappa shape index (κ3) is 4.42. The lowest BCUT2D eigenvalue weighted by Gasteiger charge is -2.09. The summed E-state index contributed by atoms with van der Waals surface area (Å²) in [5, 5.41) is 18.6. The number of hydrazone groups is 1. The minimum atomic E-state index is -4.57. The maximum Gasteiger partial charge on any atom is 0.417 e. The fourth-order valence-corrected chi connectivity index (χ4v) is 2.97. The number of amides is 1. The maximum absolute atomic E-state index is 13.1. The van der Waals surface area contributed by atoms with Crippen LogP contribution in [0.1, 0.15) is 27.2 Å². The van der Waals surface area contributed by atoms with Crippen molar-refractivity contribution in [3.05, 3.63) is 70.9 Å². The maximum atomic E-state index is 13.1. The standard InChI is InChI=1S/C20H15F3N8O2/c1-11-6-8-12(9-7-11)16-15(26-30-31(16)18-17(24)28-33-29-18)19(32)27-25-10-13-4-2-3-5-14(13)20(21,22)23/h2-10H,1H3,(H2,24,28)(H,27,32). The van der Waals surface area contributed by atoms with Gasteiger partial charge in [0.15, 0.2) is 5.69 Å². The van der Waals surface area contributed by atoms with E-state index in [1.165, 1.54) is 22.9 Å². The number of aryl methyl sites for hydroxylation is 1. The number of nitrogens with one attached hydrogen (secondary N) is 1. The van der Waals surface area contributed by atoms with Gasteiger partial charge < -0.3 is 5.73 Å². The molecular weight excluding hydrogens is 441 g/mol. The topological polar surface area (TPSA) is 137 Å². The molecule has 13 heteroatoms. The molecule has 1 amide bonds. The van der Waals surface area contributed by atoms with Gasteiger partial charge >= 0.3 is 6.18 Å². The van der Waals surface area contributed by atoms with Crippen molar-refractivity contribution in [2.75, 3.05) is 5.73 Å². The van der Waals surface area contributed by atoms with Gasteiger partial charge in [0.05, 0.1) is 11.8 Å². The van der Waals surface area contributed by atoms with Crippen molar-refractivity contribution in [2.24, 2.45) is 5.10 Å². The molecule has 0 atom stereocenters. The summed E-state index contributed by atoms with van der Waals surface area (Å²) in [6.07, 6.45) is -3.67. The van der Waals surface area contributed by atoms with E-state index < -0.39 is 17.6 Å². The quantitative estimate of drug-likeness (QED) is 0.348. The molecule has 10 nitrogen and oxygen atoms in total. The average Bonchev–Trinajstić information content (AvgIpc) is 3.40. The van der Waals surface area contributed by atoms with Crippen molar-refractivity contribution >= 4 is 17.9 Å². The van der Waals surface area contributed by atoms with Crippen LogP contribution in [0.25, 0.3) is 17.1 Å². The number of carbonyl (C=O) groups excluding carboxylic acids is 1. The summed E-state index contributed by atoms with van der Waals surface area (Å²) < 4.78 is 45.2. The molecule has 0 saturated heterocycles. The summed E-state index contributed by atoms with van der Waals surface area (Å²) in [5.41, 5.74) is 8.39. The molecular formula is C20H15F3N8O2. The van der Waals surface area contributed by atoms with E-state index >= 15 is 0 Å². The highest BCUT2D eigenvalue weighted by Gasteiger charge is 2.32. The van der Waals surface area contributed by atoms with Crippen LogP contribution in [0.4, 0.5) is 19.0 Å². The Kier molecular flexibility index (Phi) is 5.60. The lowest BCUT2D eigenvalue weighted by atomic mass is 10.1. The van der Waals surface area contributed by atoms with E-state index in [-0.39, 0.29) is 28.6 Å². The molecule has 0 aliphatic rings.